The Morgan fingerprint density at radius 2 is 1.62 bits per heavy atom. The van der Waals surface area contributed by atoms with Gasteiger partial charge in [-0.25, -0.2) is 9.59 Å². The molecule has 0 aromatic heterocycles. The number of ether oxygens (including phenoxy) is 2. The summed E-state index contributed by atoms with van der Waals surface area (Å²) in [6.07, 6.45) is -1.90. The van der Waals surface area contributed by atoms with Gasteiger partial charge >= 0.3 is 12.1 Å². The van der Waals surface area contributed by atoms with Crippen molar-refractivity contribution >= 4 is 18.0 Å². The highest BCUT2D eigenvalue weighted by Gasteiger charge is 2.42. The number of carboxylic acids is 1. The first-order valence-electron chi connectivity index (χ1n) is 11.3. The summed E-state index contributed by atoms with van der Waals surface area (Å²) in [6, 6.07) is 16.0. The van der Waals surface area contributed by atoms with Crippen LogP contribution in [0.4, 0.5) is 4.79 Å². The number of carboxylic acid groups (broad SMARTS) is 1. The topological polar surface area (TPSA) is 134 Å². The van der Waals surface area contributed by atoms with Gasteiger partial charge in [0.1, 0.15) is 12.1 Å². The number of carbonyl (C=O) groups is 3. The van der Waals surface area contributed by atoms with E-state index in [-0.39, 0.29) is 51.5 Å². The van der Waals surface area contributed by atoms with Crippen LogP contribution < -0.4 is 10.6 Å². The Morgan fingerprint density at radius 3 is 2.21 bits per heavy atom. The van der Waals surface area contributed by atoms with Crippen LogP contribution in [0.3, 0.4) is 0 Å². The Morgan fingerprint density at radius 1 is 1.03 bits per heavy atom. The molecule has 2 aromatic rings. The summed E-state index contributed by atoms with van der Waals surface area (Å²) in [4.78, 5) is 36.5. The maximum Gasteiger partial charge on any atom is 0.408 e. The number of hydrogen-bond donors (Lipinski definition) is 4. The number of amides is 2. The molecule has 0 radical (unpaired) electrons. The van der Waals surface area contributed by atoms with E-state index in [4.69, 9.17) is 14.6 Å². The normalized spacial score (nSPS) is 17.2. The van der Waals surface area contributed by atoms with Gasteiger partial charge in [0, 0.05) is 44.9 Å². The second-order valence-corrected chi connectivity index (χ2v) is 8.54. The van der Waals surface area contributed by atoms with Crippen molar-refractivity contribution in [3.05, 3.63) is 59.7 Å². The first-order chi connectivity index (χ1) is 16.4. The first kappa shape index (κ1) is 23.7. The van der Waals surface area contributed by atoms with Crippen molar-refractivity contribution in [2.45, 2.75) is 36.8 Å². The Balaban J connectivity index is 1.40. The fourth-order valence-corrected chi connectivity index (χ4v) is 4.57. The molecule has 9 heteroatoms. The number of alkyl carbamates (subject to hydrolysis) is 1. The zero-order valence-corrected chi connectivity index (χ0v) is 18.7. The summed E-state index contributed by atoms with van der Waals surface area (Å²) in [5.74, 6) is -1.91. The summed E-state index contributed by atoms with van der Waals surface area (Å²) in [5.41, 5.74) is 3.19. The fraction of sp³-hybridized carbons (Fsp3) is 0.400. The van der Waals surface area contributed by atoms with E-state index in [9.17, 15) is 19.5 Å². The van der Waals surface area contributed by atoms with E-state index in [0.717, 1.165) is 22.3 Å². The number of benzene rings is 2. The summed E-state index contributed by atoms with van der Waals surface area (Å²) in [7, 11) is 0. The van der Waals surface area contributed by atoms with Crippen LogP contribution in [0.5, 0.6) is 0 Å². The minimum absolute atomic E-state index is 0.0404. The SMILES string of the molecule is O=C(NC1(C(=O)NCC[C@H](O)C(=O)O)CCOCC1)OCC1c2ccccc2-c2ccccc21. The van der Waals surface area contributed by atoms with E-state index in [0.29, 0.717) is 0 Å². The zero-order valence-electron chi connectivity index (χ0n) is 18.7. The Bertz CT molecular complexity index is 1020. The van der Waals surface area contributed by atoms with Crippen LogP contribution in [0.1, 0.15) is 36.3 Å². The number of aliphatic hydroxyl groups is 1. The molecule has 180 valence electrons. The van der Waals surface area contributed by atoms with E-state index < -0.39 is 29.6 Å². The lowest BCUT2D eigenvalue weighted by atomic mass is 9.89. The number of nitrogens with one attached hydrogen (secondary N) is 2. The molecular weight excluding hydrogens is 440 g/mol. The van der Waals surface area contributed by atoms with Crippen LogP contribution in [-0.2, 0) is 19.1 Å². The second-order valence-electron chi connectivity index (χ2n) is 8.54. The third-order valence-corrected chi connectivity index (χ3v) is 6.45. The summed E-state index contributed by atoms with van der Waals surface area (Å²) < 4.78 is 11.0. The van der Waals surface area contributed by atoms with Gasteiger partial charge in [0.2, 0.25) is 5.91 Å². The molecule has 2 aliphatic rings. The molecule has 9 nitrogen and oxygen atoms in total. The van der Waals surface area contributed by atoms with Crippen molar-refractivity contribution in [3.63, 3.8) is 0 Å². The van der Waals surface area contributed by atoms with Crippen LogP contribution in [-0.4, -0.2) is 66.2 Å². The molecule has 1 atom stereocenters. The molecule has 1 aliphatic carbocycles. The van der Waals surface area contributed by atoms with E-state index in [1.54, 1.807) is 0 Å². The maximum atomic E-state index is 12.9. The highest BCUT2D eigenvalue weighted by Crippen LogP contribution is 2.44. The Kier molecular flexibility index (Phi) is 7.14. The molecule has 34 heavy (non-hydrogen) atoms. The van der Waals surface area contributed by atoms with Gasteiger partial charge in [-0.3, -0.25) is 4.79 Å². The lowest BCUT2D eigenvalue weighted by molar-refractivity contribution is -0.147. The molecule has 0 spiro atoms. The zero-order chi connectivity index (χ0) is 24.1. The lowest BCUT2D eigenvalue weighted by Crippen LogP contribution is -2.61. The van der Waals surface area contributed by atoms with Crippen molar-refractivity contribution in [3.8, 4) is 11.1 Å². The first-order valence-corrected chi connectivity index (χ1v) is 11.3. The third-order valence-electron chi connectivity index (χ3n) is 6.45. The maximum absolute atomic E-state index is 12.9. The van der Waals surface area contributed by atoms with Crippen LogP contribution in [0.25, 0.3) is 11.1 Å². The lowest BCUT2D eigenvalue weighted by Gasteiger charge is -2.36. The van der Waals surface area contributed by atoms with Crippen molar-refractivity contribution in [1.82, 2.24) is 10.6 Å². The second kappa shape index (κ2) is 10.2. The fourth-order valence-electron chi connectivity index (χ4n) is 4.57. The predicted molar refractivity (Wildman–Crippen MR) is 122 cm³/mol. The summed E-state index contributed by atoms with van der Waals surface area (Å²) in [6.45, 7) is 0.657. The van der Waals surface area contributed by atoms with Crippen LogP contribution >= 0.6 is 0 Å². The van der Waals surface area contributed by atoms with Crippen molar-refractivity contribution in [1.29, 1.82) is 0 Å². The molecule has 1 fully saturated rings. The number of rotatable bonds is 8. The van der Waals surface area contributed by atoms with Gasteiger partial charge in [-0.2, -0.15) is 0 Å². The van der Waals surface area contributed by atoms with Gasteiger partial charge in [0.15, 0.2) is 6.10 Å². The highest BCUT2D eigenvalue weighted by molar-refractivity contribution is 5.90. The predicted octanol–water partition coefficient (Wildman–Crippen LogP) is 2.03. The molecule has 0 bridgehead atoms. The van der Waals surface area contributed by atoms with Gasteiger partial charge in [-0.15, -0.1) is 0 Å². The van der Waals surface area contributed by atoms with Crippen LogP contribution in [0.15, 0.2) is 48.5 Å². The average molecular weight is 469 g/mol. The molecule has 4 N–H and O–H groups in total. The molecule has 2 amide bonds. The van der Waals surface area contributed by atoms with Crippen LogP contribution in [0.2, 0.25) is 0 Å². The third kappa shape index (κ3) is 4.90. The number of aliphatic carboxylic acids is 1. The van der Waals surface area contributed by atoms with Crippen LogP contribution in [0, 0.1) is 0 Å². The van der Waals surface area contributed by atoms with Crippen molar-refractivity contribution in [2.24, 2.45) is 0 Å². The van der Waals surface area contributed by atoms with Crippen molar-refractivity contribution in [2.75, 3.05) is 26.4 Å². The largest absolute Gasteiger partial charge is 0.479 e. The van der Waals surface area contributed by atoms with E-state index in [1.807, 2.05) is 36.4 Å². The van der Waals surface area contributed by atoms with Gasteiger partial charge in [-0.1, -0.05) is 48.5 Å². The number of hydrogen-bond acceptors (Lipinski definition) is 6. The Hall–Kier alpha value is -3.43. The molecule has 1 saturated heterocycles. The Labute approximate surface area is 197 Å². The molecular formula is C25H28N2O7. The minimum Gasteiger partial charge on any atom is -0.479 e. The van der Waals surface area contributed by atoms with Gasteiger partial charge in [-0.05, 0) is 22.3 Å². The quantitative estimate of drug-likeness (QED) is 0.466. The molecule has 1 heterocycles. The van der Waals surface area contributed by atoms with E-state index >= 15 is 0 Å². The van der Waals surface area contributed by atoms with Gasteiger partial charge < -0.3 is 30.3 Å². The molecule has 0 unspecified atom stereocenters. The van der Waals surface area contributed by atoms with E-state index in [1.165, 1.54) is 0 Å². The average Bonchev–Trinajstić information content (AvgIpc) is 3.17. The molecule has 4 rings (SSSR count). The molecule has 1 aliphatic heterocycles. The number of fused-ring (bicyclic) bond motifs is 3. The van der Waals surface area contributed by atoms with Gasteiger partial charge in [0.05, 0.1) is 0 Å². The summed E-state index contributed by atoms with van der Waals surface area (Å²) >= 11 is 0. The standard InChI is InChI=1S/C25H28N2O7/c28-21(22(29)30)9-12-26-23(31)25(10-13-33-14-11-25)27-24(32)34-15-20-18-7-3-1-5-16(18)17-6-2-4-8-19(17)20/h1-8,20-21,28H,9-15H2,(H,26,31)(H,27,32)(H,29,30)/t21-/m0/s1. The number of aliphatic hydroxyl groups excluding tert-OH is 1. The molecule has 2 aromatic carbocycles. The number of carbonyl (C=O) groups excluding carboxylic acids is 2. The summed E-state index contributed by atoms with van der Waals surface area (Å²) in [5, 5.41) is 23.5. The van der Waals surface area contributed by atoms with Crippen molar-refractivity contribution < 1.29 is 34.1 Å². The van der Waals surface area contributed by atoms with E-state index in [2.05, 4.69) is 22.8 Å². The van der Waals surface area contributed by atoms with Gasteiger partial charge in [0.25, 0.3) is 0 Å². The molecule has 0 saturated carbocycles. The highest BCUT2D eigenvalue weighted by atomic mass is 16.5. The minimum atomic E-state index is -1.57. The monoisotopic (exact) mass is 468 g/mol. The smallest absolute Gasteiger partial charge is 0.408 e.